The van der Waals surface area contributed by atoms with Gasteiger partial charge >= 0.3 is 0 Å². The van der Waals surface area contributed by atoms with Gasteiger partial charge in [-0.05, 0) is 25.0 Å². The Hall–Kier alpha value is -1.21. The largest absolute Gasteiger partial charge is 0.254 e. The van der Waals surface area contributed by atoms with Crippen LogP contribution < -0.4 is 0 Å². The number of hydrogen-bond acceptors (Lipinski definition) is 2. The summed E-state index contributed by atoms with van der Waals surface area (Å²) in [4.78, 5) is 0.231. The van der Waals surface area contributed by atoms with Crippen LogP contribution in [0.4, 0.5) is 4.39 Å². The zero-order valence-corrected chi connectivity index (χ0v) is 9.54. The molecular weight excluding hydrogens is 225 g/mol. The Labute approximate surface area is 96.5 Å². The Morgan fingerprint density at radius 1 is 1.38 bits per heavy atom. The molecule has 0 saturated heterocycles. The maximum atomic E-state index is 13.4. The molecule has 1 aromatic carbocycles. The summed E-state index contributed by atoms with van der Waals surface area (Å²) < 4.78 is 25.6. The number of rotatable bonds is 2. The van der Waals surface area contributed by atoms with Crippen molar-refractivity contribution in [2.75, 3.05) is 0 Å². The smallest absolute Gasteiger partial charge is 0.139 e. The molecule has 1 aliphatic carbocycles. The molecule has 0 bridgehead atoms. The van der Waals surface area contributed by atoms with Crippen LogP contribution in [0.3, 0.4) is 0 Å². The average molecular weight is 237 g/mol. The molecule has 4 heteroatoms. The van der Waals surface area contributed by atoms with Crippen molar-refractivity contribution in [3.05, 3.63) is 30.1 Å². The highest BCUT2D eigenvalue weighted by molar-refractivity contribution is 7.85. The summed E-state index contributed by atoms with van der Waals surface area (Å²) in [5.74, 6) is -0.634. The predicted molar refractivity (Wildman–Crippen MR) is 59.6 cm³/mol. The van der Waals surface area contributed by atoms with Crippen LogP contribution in [0.15, 0.2) is 29.2 Å². The standard InChI is InChI=1S/C12H12FNOS/c13-10-5-1-2-6-12(10)16(15)11-7-3-4-9(11)8-14/h1-2,5-6,9,11H,3-4,7H2. The predicted octanol–water partition coefficient (Wildman–Crippen LogP) is 2.63. The summed E-state index contributed by atoms with van der Waals surface area (Å²) in [5.41, 5.74) is 0. The molecule has 0 heterocycles. The lowest BCUT2D eigenvalue weighted by Gasteiger charge is -2.13. The Morgan fingerprint density at radius 3 is 2.81 bits per heavy atom. The Morgan fingerprint density at radius 2 is 2.12 bits per heavy atom. The Balaban J connectivity index is 2.26. The van der Waals surface area contributed by atoms with E-state index in [9.17, 15) is 8.60 Å². The van der Waals surface area contributed by atoms with Gasteiger partial charge in [0.15, 0.2) is 0 Å². The van der Waals surface area contributed by atoms with E-state index in [4.69, 9.17) is 5.26 Å². The second kappa shape index (κ2) is 4.75. The zero-order valence-electron chi connectivity index (χ0n) is 8.73. The zero-order chi connectivity index (χ0) is 11.5. The van der Waals surface area contributed by atoms with Crippen molar-refractivity contribution < 1.29 is 8.60 Å². The van der Waals surface area contributed by atoms with Gasteiger partial charge in [0.05, 0.1) is 32.9 Å². The quantitative estimate of drug-likeness (QED) is 0.793. The SMILES string of the molecule is N#CC1CCCC1S(=O)c1ccccc1F. The van der Waals surface area contributed by atoms with E-state index in [1.165, 1.54) is 12.1 Å². The van der Waals surface area contributed by atoms with Gasteiger partial charge in [-0.3, -0.25) is 4.21 Å². The molecule has 0 radical (unpaired) electrons. The minimum Gasteiger partial charge on any atom is -0.254 e. The van der Waals surface area contributed by atoms with Crippen LogP contribution in [0, 0.1) is 23.1 Å². The van der Waals surface area contributed by atoms with E-state index >= 15 is 0 Å². The number of nitriles is 1. The minimum absolute atomic E-state index is 0.194. The van der Waals surface area contributed by atoms with E-state index in [1.54, 1.807) is 12.1 Å². The van der Waals surface area contributed by atoms with Crippen LogP contribution >= 0.6 is 0 Å². The second-order valence-corrected chi connectivity index (χ2v) is 5.57. The Kier molecular flexibility index (Phi) is 3.35. The highest BCUT2D eigenvalue weighted by Crippen LogP contribution is 2.32. The van der Waals surface area contributed by atoms with Gasteiger partial charge in [0.25, 0.3) is 0 Å². The molecule has 3 unspecified atom stereocenters. The van der Waals surface area contributed by atoms with E-state index in [2.05, 4.69) is 6.07 Å². The van der Waals surface area contributed by atoms with Crippen molar-refractivity contribution in [3.8, 4) is 6.07 Å². The molecule has 2 nitrogen and oxygen atoms in total. The molecular formula is C12H12FNOS. The van der Waals surface area contributed by atoms with Crippen molar-refractivity contribution in [1.82, 2.24) is 0 Å². The van der Waals surface area contributed by atoms with Gasteiger partial charge in [-0.25, -0.2) is 4.39 Å². The molecule has 16 heavy (non-hydrogen) atoms. The first-order valence-electron chi connectivity index (χ1n) is 5.28. The van der Waals surface area contributed by atoms with Gasteiger partial charge in [0, 0.05) is 0 Å². The lowest BCUT2D eigenvalue weighted by atomic mass is 10.1. The van der Waals surface area contributed by atoms with Crippen LogP contribution in [0.25, 0.3) is 0 Å². The first-order valence-corrected chi connectivity index (χ1v) is 6.50. The van der Waals surface area contributed by atoms with Crippen LogP contribution in [0.2, 0.25) is 0 Å². The summed E-state index contributed by atoms with van der Waals surface area (Å²) >= 11 is 0. The van der Waals surface area contributed by atoms with E-state index < -0.39 is 16.6 Å². The monoisotopic (exact) mass is 237 g/mol. The normalized spacial score (nSPS) is 26.2. The van der Waals surface area contributed by atoms with Crippen LogP contribution in [-0.4, -0.2) is 9.46 Å². The molecule has 1 saturated carbocycles. The van der Waals surface area contributed by atoms with Crippen molar-refractivity contribution in [3.63, 3.8) is 0 Å². The topological polar surface area (TPSA) is 40.9 Å². The summed E-state index contributed by atoms with van der Waals surface area (Å²) in [6, 6.07) is 8.27. The molecule has 0 amide bonds. The molecule has 1 aliphatic rings. The van der Waals surface area contributed by atoms with E-state index in [0.717, 1.165) is 19.3 Å². The number of hydrogen-bond donors (Lipinski definition) is 0. The van der Waals surface area contributed by atoms with Crippen LogP contribution in [-0.2, 0) is 10.8 Å². The molecule has 0 aliphatic heterocycles. The van der Waals surface area contributed by atoms with Crippen LogP contribution in [0.1, 0.15) is 19.3 Å². The molecule has 3 atom stereocenters. The average Bonchev–Trinajstić information content (AvgIpc) is 2.77. The van der Waals surface area contributed by atoms with Gasteiger partial charge in [0.1, 0.15) is 5.82 Å². The molecule has 2 rings (SSSR count). The summed E-state index contributed by atoms with van der Waals surface area (Å²) in [6.07, 6.45) is 2.43. The highest BCUT2D eigenvalue weighted by atomic mass is 32.2. The van der Waals surface area contributed by atoms with Gasteiger partial charge in [-0.2, -0.15) is 5.26 Å². The second-order valence-electron chi connectivity index (χ2n) is 3.93. The number of halogens is 1. The number of nitrogens with zero attached hydrogens (tertiary/aromatic N) is 1. The first kappa shape index (κ1) is 11.3. The Bertz CT molecular complexity index is 455. The lowest BCUT2D eigenvalue weighted by Crippen LogP contribution is -2.19. The van der Waals surface area contributed by atoms with Gasteiger partial charge < -0.3 is 0 Å². The summed E-state index contributed by atoms with van der Waals surface area (Å²) in [6.45, 7) is 0. The van der Waals surface area contributed by atoms with Gasteiger partial charge in [-0.15, -0.1) is 0 Å². The maximum absolute atomic E-state index is 13.4. The summed E-state index contributed by atoms with van der Waals surface area (Å²) in [7, 11) is -1.40. The number of benzene rings is 1. The molecule has 84 valence electrons. The van der Waals surface area contributed by atoms with Crippen LogP contribution in [0.5, 0.6) is 0 Å². The van der Waals surface area contributed by atoms with Gasteiger partial charge in [-0.1, -0.05) is 18.6 Å². The van der Waals surface area contributed by atoms with E-state index in [1.807, 2.05) is 0 Å². The lowest BCUT2D eigenvalue weighted by molar-refractivity contribution is 0.589. The third-order valence-corrected chi connectivity index (χ3v) is 4.83. The summed E-state index contributed by atoms with van der Waals surface area (Å²) in [5, 5.41) is 8.72. The van der Waals surface area contributed by atoms with E-state index in [-0.39, 0.29) is 16.1 Å². The first-order chi connectivity index (χ1) is 7.74. The molecule has 0 spiro atoms. The van der Waals surface area contributed by atoms with E-state index in [0.29, 0.717) is 0 Å². The van der Waals surface area contributed by atoms with Crippen molar-refractivity contribution in [2.45, 2.75) is 29.4 Å². The van der Waals surface area contributed by atoms with Crippen molar-refractivity contribution >= 4 is 10.8 Å². The van der Waals surface area contributed by atoms with Crippen molar-refractivity contribution in [2.24, 2.45) is 5.92 Å². The van der Waals surface area contributed by atoms with Crippen molar-refractivity contribution in [1.29, 1.82) is 5.26 Å². The minimum atomic E-state index is -1.40. The van der Waals surface area contributed by atoms with Gasteiger partial charge in [0.2, 0.25) is 0 Å². The maximum Gasteiger partial charge on any atom is 0.139 e. The third kappa shape index (κ3) is 2.00. The molecule has 0 N–H and O–H groups in total. The molecule has 1 fully saturated rings. The fourth-order valence-electron chi connectivity index (χ4n) is 2.10. The highest BCUT2D eigenvalue weighted by Gasteiger charge is 2.33. The fraction of sp³-hybridized carbons (Fsp3) is 0.417. The molecule has 1 aromatic rings. The molecule has 0 aromatic heterocycles. The fourth-order valence-corrected chi connectivity index (χ4v) is 3.78. The third-order valence-electron chi connectivity index (χ3n) is 2.95.